The highest BCUT2D eigenvalue weighted by atomic mass is 32.1. The molecule has 1 aliphatic heterocycles. The number of nitrogens with zero attached hydrogens (tertiary/aromatic N) is 1. The minimum absolute atomic E-state index is 0.172. The Bertz CT molecular complexity index is 1100. The number of hydrogen-bond acceptors (Lipinski definition) is 6. The molecule has 0 spiro atoms. The number of rotatable bonds is 6. The molecule has 0 unspecified atom stereocenters. The van der Waals surface area contributed by atoms with Gasteiger partial charge in [-0.2, -0.15) is 0 Å². The maximum Gasteiger partial charge on any atom is 0.308 e. The van der Waals surface area contributed by atoms with Crippen LogP contribution in [0.5, 0.6) is 17.2 Å². The molecule has 2 heterocycles. The van der Waals surface area contributed by atoms with Crippen molar-refractivity contribution in [1.29, 1.82) is 0 Å². The molecule has 0 saturated carbocycles. The Balaban J connectivity index is 1.47. The van der Waals surface area contributed by atoms with E-state index in [1.807, 2.05) is 42.5 Å². The van der Waals surface area contributed by atoms with E-state index in [0.717, 1.165) is 28.2 Å². The molecule has 1 amide bonds. The van der Waals surface area contributed by atoms with Gasteiger partial charge in [0.1, 0.15) is 10.6 Å². The predicted molar refractivity (Wildman–Crippen MR) is 109 cm³/mol. The molecule has 150 valence electrons. The van der Waals surface area contributed by atoms with E-state index in [1.165, 1.54) is 0 Å². The number of hydrogen-bond donors (Lipinski definition) is 1. The van der Waals surface area contributed by atoms with E-state index in [1.54, 1.807) is 18.6 Å². The van der Waals surface area contributed by atoms with Crippen molar-refractivity contribution in [3.63, 3.8) is 0 Å². The number of nitrogens with one attached hydrogen (secondary N) is 1. The molecule has 3 aromatic rings. The SMILES string of the molecule is COc1ccc(CNC(=O)c2sc(=O)n(Cc3ccc4c(c3)OCO4)c2C)cc1. The van der Waals surface area contributed by atoms with Crippen LogP contribution in [-0.4, -0.2) is 24.4 Å². The number of thiazole rings is 1. The third-order valence-corrected chi connectivity index (χ3v) is 5.82. The lowest BCUT2D eigenvalue weighted by atomic mass is 10.2. The maximum absolute atomic E-state index is 12.6. The minimum Gasteiger partial charge on any atom is -0.497 e. The Labute approximate surface area is 171 Å². The van der Waals surface area contributed by atoms with E-state index in [0.29, 0.717) is 35.2 Å². The Kier molecular flexibility index (Phi) is 5.26. The van der Waals surface area contributed by atoms with Crippen molar-refractivity contribution in [2.24, 2.45) is 0 Å². The van der Waals surface area contributed by atoms with E-state index in [4.69, 9.17) is 14.2 Å². The zero-order valence-corrected chi connectivity index (χ0v) is 16.9. The first kappa shape index (κ1) is 19.1. The lowest BCUT2D eigenvalue weighted by molar-refractivity contribution is 0.0954. The zero-order chi connectivity index (χ0) is 20.4. The standard InChI is InChI=1S/C21H20N2O5S/c1-13-19(20(24)22-10-14-3-6-16(26-2)7-4-14)29-21(25)23(13)11-15-5-8-17-18(9-15)28-12-27-17/h3-9H,10-12H2,1-2H3,(H,22,24). The second kappa shape index (κ2) is 8.00. The van der Waals surface area contributed by atoms with E-state index < -0.39 is 0 Å². The van der Waals surface area contributed by atoms with Crippen LogP contribution in [0.25, 0.3) is 0 Å². The van der Waals surface area contributed by atoms with Gasteiger partial charge in [0.05, 0.1) is 13.7 Å². The van der Waals surface area contributed by atoms with Crippen molar-refractivity contribution in [3.8, 4) is 17.2 Å². The fraction of sp³-hybridized carbons (Fsp3) is 0.238. The number of ether oxygens (including phenoxy) is 3. The smallest absolute Gasteiger partial charge is 0.308 e. The molecule has 2 aromatic carbocycles. The lowest BCUT2D eigenvalue weighted by Crippen LogP contribution is -2.23. The summed E-state index contributed by atoms with van der Waals surface area (Å²) in [5, 5.41) is 2.87. The summed E-state index contributed by atoms with van der Waals surface area (Å²) in [5.41, 5.74) is 2.50. The van der Waals surface area contributed by atoms with Gasteiger partial charge in [0.2, 0.25) is 6.79 Å². The molecule has 0 aliphatic carbocycles. The van der Waals surface area contributed by atoms with Gasteiger partial charge in [0.25, 0.3) is 5.91 Å². The average Bonchev–Trinajstić information content (AvgIpc) is 3.31. The summed E-state index contributed by atoms with van der Waals surface area (Å²) in [6, 6.07) is 13.0. The average molecular weight is 412 g/mol. The number of aromatic nitrogens is 1. The van der Waals surface area contributed by atoms with Gasteiger partial charge in [-0.1, -0.05) is 29.5 Å². The van der Waals surface area contributed by atoms with Crippen molar-refractivity contribution in [3.05, 3.63) is 73.8 Å². The molecular weight excluding hydrogens is 392 g/mol. The molecule has 0 atom stereocenters. The molecule has 29 heavy (non-hydrogen) atoms. The van der Waals surface area contributed by atoms with Gasteiger partial charge in [-0.25, -0.2) is 0 Å². The van der Waals surface area contributed by atoms with Crippen LogP contribution in [0.3, 0.4) is 0 Å². The van der Waals surface area contributed by atoms with Gasteiger partial charge in [-0.15, -0.1) is 0 Å². The second-order valence-corrected chi connectivity index (χ2v) is 7.55. The normalized spacial score (nSPS) is 12.1. The molecule has 0 fully saturated rings. The summed E-state index contributed by atoms with van der Waals surface area (Å²) < 4.78 is 17.4. The van der Waals surface area contributed by atoms with Crippen LogP contribution >= 0.6 is 11.3 Å². The lowest BCUT2D eigenvalue weighted by Gasteiger charge is -2.08. The summed E-state index contributed by atoms with van der Waals surface area (Å²) in [7, 11) is 1.61. The van der Waals surface area contributed by atoms with Crippen molar-refractivity contribution in [2.45, 2.75) is 20.0 Å². The molecule has 0 radical (unpaired) electrons. The van der Waals surface area contributed by atoms with Crippen molar-refractivity contribution < 1.29 is 19.0 Å². The van der Waals surface area contributed by atoms with Crippen LogP contribution in [0.4, 0.5) is 0 Å². The van der Waals surface area contributed by atoms with Gasteiger partial charge in [-0.05, 0) is 42.3 Å². The third-order valence-electron chi connectivity index (χ3n) is 4.74. The Morgan fingerprint density at radius 1 is 1.14 bits per heavy atom. The molecule has 1 N–H and O–H groups in total. The highest BCUT2D eigenvalue weighted by Crippen LogP contribution is 2.32. The summed E-state index contributed by atoms with van der Waals surface area (Å²) in [4.78, 5) is 25.3. The van der Waals surface area contributed by atoms with Gasteiger partial charge < -0.3 is 19.5 Å². The highest BCUT2D eigenvalue weighted by Gasteiger charge is 2.19. The van der Waals surface area contributed by atoms with E-state index in [9.17, 15) is 9.59 Å². The van der Waals surface area contributed by atoms with Gasteiger partial charge in [0.15, 0.2) is 11.5 Å². The number of fused-ring (bicyclic) bond motifs is 1. The van der Waals surface area contributed by atoms with Crippen molar-refractivity contribution in [1.82, 2.24) is 9.88 Å². The molecular formula is C21H20N2O5S. The van der Waals surface area contributed by atoms with Crippen molar-refractivity contribution >= 4 is 17.2 Å². The maximum atomic E-state index is 12.6. The van der Waals surface area contributed by atoms with Gasteiger partial charge in [0, 0.05) is 12.2 Å². The van der Waals surface area contributed by atoms with Crippen molar-refractivity contribution in [2.75, 3.05) is 13.9 Å². The van der Waals surface area contributed by atoms with Gasteiger partial charge in [-0.3, -0.25) is 14.2 Å². The fourth-order valence-corrected chi connectivity index (χ4v) is 4.01. The van der Waals surface area contributed by atoms with Crippen LogP contribution in [0, 0.1) is 6.92 Å². The van der Waals surface area contributed by atoms with Crippen LogP contribution in [0.15, 0.2) is 47.3 Å². The first-order chi connectivity index (χ1) is 14.0. The largest absolute Gasteiger partial charge is 0.497 e. The minimum atomic E-state index is -0.259. The number of benzene rings is 2. The highest BCUT2D eigenvalue weighted by molar-refractivity contribution is 7.11. The summed E-state index contributed by atoms with van der Waals surface area (Å²) in [6.45, 7) is 2.72. The predicted octanol–water partition coefficient (Wildman–Crippen LogP) is 2.93. The Morgan fingerprint density at radius 2 is 1.86 bits per heavy atom. The first-order valence-electron chi connectivity index (χ1n) is 9.05. The topological polar surface area (TPSA) is 78.8 Å². The molecule has 0 saturated heterocycles. The number of carbonyl (C=O) groups is 1. The van der Waals surface area contributed by atoms with E-state index in [2.05, 4.69) is 5.32 Å². The van der Waals surface area contributed by atoms with Crippen LogP contribution < -0.4 is 24.4 Å². The number of carbonyl (C=O) groups excluding carboxylic acids is 1. The van der Waals surface area contributed by atoms with E-state index in [-0.39, 0.29) is 17.6 Å². The van der Waals surface area contributed by atoms with Crippen LogP contribution in [-0.2, 0) is 13.1 Å². The van der Waals surface area contributed by atoms with E-state index >= 15 is 0 Å². The number of methoxy groups -OCH3 is 1. The number of amides is 1. The van der Waals surface area contributed by atoms with Crippen LogP contribution in [0.2, 0.25) is 0 Å². The molecule has 8 heteroatoms. The quantitative estimate of drug-likeness (QED) is 0.674. The monoisotopic (exact) mass is 412 g/mol. The molecule has 4 rings (SSSR count). The Hall–Kier alpha value is -3.26. The van der Waals surface area contributed by atoms with Gasteiger partial charge >= 0.3 is 4.87 Å². The Morgan fingerprint density at radius 3 is 2.62 bits per heavy atom. The molecule has 1 aliphatic rings. The summed E-state index contributed by atoms with van der Waals surface area (Å²) in [5.74, 6) is 1.86. The fourth-order valence-electron chi connectivity index (χ4n) is 3.10. The molecule has 0 bridgehead atoms. The second-order valence-electron chi connectivity index (χ2n) is 6.59. The summed E-state index contributed by atoms with van der Waals surface area (Å²) >= 11 is 0.954. The summed E-state index contributed by atoms with van der Waals surface area (Å²) in [6.07, 6.45) is 0. The third kappa shape index (κ3) is 3.97. The molecule has 7 nitrogen and oxygen atoms in total. The molecule has 1 aromatic heterocycles. The van der Waals surface area contributed by atoms with Crippen LogP contribution in [0.1, 0.15) is 26.5 Å². The zero-order valence-electron chi connectivity index (χ0n) is 16.1. The first-order valence-corrected chi connectivity index (χ1v) is 9.86.